The van der Waals surface area contributed by atoms with Crippen molar-refractivity contribution in [2.75, 3.05) is 19.6 Å². The van der Waals surface area contributed by atoms with E-state index < -0.39 is 35.8 Å². The molecule has 0 radical (unpaired) electrons. The number of carbonyl (C=O) groups is 4. The Morgan fingerprint density at radius 2 is 1.60 bits per heavy atom. The number of hydrogen-bond donors (Lipinski definition) is 7. The molecule has 0 aromatic heterocycles. The van der Waals surface area contributed by atoms with Gasteiger partial charge in [0.15, 0.2) is 0 Å². The van der Waals surface area contributed by atoms with Crippen molar-refractivity contribution in [3.8, 4) is 5.75 Å². The van der Waals surface area contributed by atoms with E-state index in [2.05, 4.69) is 16.0 Å². The molecule has 0 aliphatic carbocycles. The lowest BCUT2D eigenvalue weighted by molar-refractivity contribution is -0.142. The number of phenolic OH excluding ortho intramolecular Hbond substituents is 1. The number of amides is 3. The van der Waals surface area contributed by atoms with Gasteiger partial charge in [-0.25, -0.2) is 4.79 Å². The summed E-state index contributed by atoms with van der Waals surface area (Å²) in [7, 11) is 0. The van der Waals surface area contributed by atoms with Gasteiger partial charge in [-0.05, 0) is 43.5 Å². The van der Waals surface area contributed by atoms with Crippen LogP contribution in [0.2, 0.25) is 0 Å². The number of carboxylic acids is 1. The predicted molar refractivity (Wildman–Crippen MR) is 108 cm³/mol. The van der Waals surface area contributed by atoms with Gasteiger partial charge in [0.1, 0.15) is 17.8 Å². The maximum atomic E-state index is 12.7. The molecule has 166 valence electrons. The molecule has 9 N–H and O–H groups in total. The van der Waals surface area contributed by atoms with Gasteiger partial charge < -0.3 is 37.6 Å². The van der Waals surface area contributed by atoms with Crippen LogP contribution in [0.3, 0.4) is 0 Å². The number of carboxylic acid groups (broad SMARTS) is 1. The van der Waals surface area contributed by atoms with Crippen molar-refractivity contribution in [2.24, 2.45) is 11.5 Å². The molecule has 11 heteroatoms. The van der Waals surface area contributed by atoms with Gasteiger partial charge in [0.25, 0.3) is 0 Å². The summed E-state index contributed by atoms with van der Waals surface area (Å²) in [6, 6.07) is 3.80. The van der Waals surface area contributed by atoms with Crippen LogP contribution in [0.4, 0.5) is 0 Å². The number of aliphatic carboxylic acids is 1. The van der Waals surface area contributed by atoms with E-state index in [1.54, 1.807) is 12.1 Å². The highest BCUT2D eigenvalue weighted by atomic mass is 16.4. The van der Waals surface area contributed by atoms with Crippen molar-refractivity contribution in [1.82, 2.24) is 16.0 Å². The third-order valence-corrected chi connectivity index (χ3v) is 4.22. The number of carbonyl (C=O) groups excluding carboxylic acids is 3. The van der Waals surface area contributed by atoms with Crippen LogP contribution in [0.25, 0.3) is 0 Å². The lowest BCUT2D eigenvalue weighted by Gasteiger charge is -2.22. The van der Waals surface area contributed by atoms with Crippen molar-refractivity contribution in [3.05, 3.63) is 29.8 Å². The molecule has 1 aromatic rings. The van der Waals surface area contributed by atoms with Crippen molar-refractivity contribution in [2.45, 2.75) is 37.8 Å². The van der Waals surface area contributed by atoms with Gasteiger partial charge in [0.05, 0.1) is 13.1 Å². The Balaban J connectivity index is 2.86. The minimum atomic E-state index is -1.19. The number of rotatable bonds is 13. The first kappa shape index (κ1) is 24.9. The maximum absolute atomic E-state index is 12.7. The Morgan fingerprint density at radius 3 is 2.17 bits per heavy atom. The molecule has 0 spiro atoms. The monoisotopic (exact) mass is 423 g/mol. The zero-order valence-electron chi connectivity index (χ0n) is 16.6. The second kappa shape index (κ2) is 13.1. The van der Waals surface area contributed by atoms with E-state index in [4.69, 9.17) is 11.5 Å². The van der Waals surface area contributed by atoms with E-state index in [0.29, 0.717) is 24.9 Å². The summed E-state index contributed by atoms with van der Waals surface area (Å²) < 4.78 is 0. The van der Waals surface area contributed by atoms with E-state index >= 15 is 0 Å². The van der Waals surface area contributed by atoms with E-state index in [1.807, 2.05) is 0 Å². The van der Waals surface area contributed by atoms with E-state index in [9.17, 15) is 29.4 Å². The Hall–Kier alpha value is -3.18. The average Bonchev–Trinajstić information content (AvgIpc) is 2.72. The van der Waals surface area contributed by atoms with Crippen LogP contribution in [0.5, 0.6) is 5.75 Å². The number of nitrogens with two attached hydrogens (primary N) is 2. The highest BCUT2D eigenvalue weighted by molar-refractivity contribution is 5.92. The molecule has 11 nitrogen and oxygen atoms in total. The molecule has 0 bridgehead atoms. The molecular weight excluding hydrogens is 394 g/mol. The van der Waals surface area contributed by atoms with Crippen molar-refractivity contribution >= 4 is 23.7 Å². The third-order valence-electron chi connectivity index (χ3n) is 4.22. The molecule has 0 saturated heterocycles. The highest BCUT2D eigenvalue weighted by Gasteiger charge is 2.26. The SMILES string of the molecule is NCCCC[C@H](NC(=O)[C@H](Cc1ccc(O)cc1)NC(=O)CNC(=O)CN)C(=O)O. The zero-order valence-corrected chi connectivity index (χ0v) is 16.6. The second-order valence-corrected chi connectivity index (χ2v) is 6.66. The number of nitrogens with one attached hydrogen (secondary N) is 3. The molecule has 0 unspecified atom stereocenters. The summed E-state index contributed by atoms with van der Waals surface area (Å²) in [6.45, 7) is -0.254. The third kappa shape index (κ3) is 9.34. The summed E-state index contributed by atoms with van der Waals surface area (Å²) in [5.74, 6) is -2.99. The molecule has 0 saturated carbocycles. The number of benzene rings is 1. The van der Waals surface area contributed by atoms with Crippen LogP contribution >= 0.6 is 0 Å². The Labute approximate surface area is 174 Å². The molecule has 0 aliphatic heterocycles. The fraction of sp³-hybridized carbons (Fsp3) is 0.474. The Kier molecular flexibility index (Phi) is 10.9. The first-order valence-corrected chi connectivity index (χ1v) is 9.54. The van der Waals surface area contributed by atoms with Gasteiger partial charge in [-0.3, -0.25) is 14.4 Å². The fourth-order valence-electron chi connectivity index (χ4n) is 2.60. The normalized spacial score (nSPS) is 12.5. The molecular formula is C19H29N5O6. The largest absolute Gasteiger partial charge is 0.508 e. The number of aromatic hydroxyl groups is 1. The van der Waals surface area contributed by atoms with Crippen LogP contribution in [0.15, 0.2) is 24.3 Å². The molecule has 3 amide bonds. The lowest BCUT2D eigenvalue weighted by atomic mass is 10.0. The molecule has 1 aromatic carbocycles. The summed E-state index contributed by atoms with van der Waals surface area (Å²) in [4.78, 5) is 47.5. The minimum Gasteiger partial charge on any atom is -0.508 e. The fourth-order valence-corrected chi connectivity index (χ4v) is 2.60. The Morgan fingerprint density at radius 1 is 0.933 bits per heavy atom. The summed E-state index contributed by atoms with van der Waals surface area (Å²) >= 11 is 0. The van der Waals surface area contributed by atoms with Gasteiger partial charge in [0.2, 0.25) is 17.7 Å². The van der Waals surface area contributed by atoms with Gasteiger partial charge in [-0.2, -0.15) is 0 Å². The lowest BCUT2D eigenvalue weighted by Crippen LogP contribution is -2.54. The highest BCUT2D eigenvalue weighted by Crippen LogP contribution is 2.12. The number of hydrogen-bond acceptors (Lipinski definition) is 7. The van der Waals surface area contributed by atoms with Crippen LogP contribution < -0.4 is 27.4 Å². The van der Waals surface area contributed by atoms with E-state index in [-0.39, 0.29) is 31.7 Å². The van der Waals surface area contributed by atoms with Gasteiger partial charge in [-0.15, -0.1) is 0 Å². The molecule has 0 fully saturated rings. The number of phenols is 1. The standard InChI is InChI=1S/C19H29N5O6/c20-8-2-1-3-14(19(29)30)24-18(28)15(9-12-4-6-13(25)7-5-12)23-17(27)11-22-16(26)10-21/h4-7,14-15,25H,1-3,8-11,20-21H2,(H,22,26)(H,23,27)(H,24,28)(H,29,30)/t14-,15-/m0/s1. The quantitative estimate of drug-likeness (QED) is 0.180. The summed E-state index contributed by atoms with van der Waals surface area (Å²) in [6.07, 6.45) is 1.39. The van der Waals surface area contributed by atoms with Crippen LogP contribution in [0.1, 0.15) is 24.8 Å². The molecule has 2 atom stereocenters. The predicted octanol–water partition coefficient (Wildman–Crippen LogP) is -1.81. The molecule has 0 heterocycles. The topological polar surface area (TPSA) is 197 Å². The van der Waals surface area contributed by atoms with E-state index in [1.165, 1.54) is 12.1 Å². The van der Waals surface area contributed by atoms with E-state index in [0.717, 1.165) is 0 Å². The smallest absolute Gasteiger partial charge is 0.326 e. The van der Waals surface area contributed by atoms with Gasteiger partial charge in [-0.1, -0.05) is 12.1 Å². The first-order valence-electron chi connectivity index (χ1n) is 9.54. The first-order chi connectivity index (χ1) is 14.3. The molecule has 30 heavy (non-hydrogen) atoms. The molecule has 0 aliphatic rings. The summed E-state index contributed by atoms with van der Waals surface area (Å²) in [5, 5.41) is 26.0. The van der Waals surface area contributed by atoms with Crippen molar-refractivity contribution < 1.29 is 29.4 Å². The van der Waals surface area contributed by atoms with Crippen LogP contribution in [-0.2, 0) is 25.6 Å². The van der Waals surface area contributed by atoms with Crippen molar-refractivity contribution in [1.29, 1.82) is 0 Å². The molecule has 1 rings (SSSR count). The second-order valence-electron chi connectivity index (χ2n) is 6.66. The zero-order chi connectivity index (χ0) is 22.5. The average molecular weight is 423 g/mol. The van der Waals surface area contributed by atoms with Gasteiger partial charge >= 0.3 is 5.97 Å². The number of unbranched alkanes of at least 4 members (excludes halogenated alkanes) is 1. The maximum Gasteiger partial charge on any atom is 0.326 e. The minimum absolute atomic E-state index is 0.0409. The Bertz CT molecular complexity index is 725. The van der Waals surface area contributed by atoms with Crippen LogP contribution in [-0.4, -0.2) is 65.6 Å². The summed E-state index contributed by atoms with van der Waals surface area (Å²) in [5.41, 5.74) is 11.2. The van der Waals surface area contributed by atoms with Crippen LogP contribution in [0, 0.1) is 0 Å². The van der Waals surface area contributed by atoms with Gasteiger partial charge in [0, 0.05) is 6.42 Å². The van der Waals surface area contributed by atoms with Crippen molar-refractivity contribution in [3.63, 3.8) is 0 Å².